The van der Waals surface area contributed by atoms with Crippen molar-refractivity contribution >= 4 is 17.6 Å². The van der Waals surface area contributed by atoms with Crippen molar-refractivity contribution < 1.29 is 32.2 Å². The largest absolute Gasteiger partial charge is 0.484 e. The maximum atomic E-state index is 13.0. The third-order valence-electron chi connectivity index (χ3n) is 5.27. The smallest absolute Gasteiger partial charge is 0.422 e. The summed E-state index contributed by atoms with van der Waals surface area (Å²) < 4.78 is 48.9. The summed E-state index contributed by atoms with van der Waals surface area (Å²) in [6.07, 6.45) is -1.55. The quantitative estimate of drug-likeness (QED) is 0.387. The van der Waals surface area contributed by atoms with Crippen molar-refractivity contribution in [2.75, 3.05) is 13.2 Å². The standard InChI is InChI=1S/C24H27F3N4O4/c1-15(32)30-22(28)23(2,13-34-12-16-6-4-3-5-7-16)31-21(33)19-10-20(35-14-24(25,26)27)18(11-29-19)17-8-9-17/h3-7,10-11,17H,8-9,12-14H2,1-2H3,(H,31,33)(H2,28,30,32). The van der Waals surface area contributed by atoms with Crippen LogP contribution in [0.2, 0.25) is 0 Å². The van der Waals surface area contributed by atoms with Crippen LogP contribution in [0.4, 0.5) is 13.2 Å². The van der Waals surface area contributed by atoms with Crippen LogP contribution in [0.5, 0.6) is 5.75 Å². The molecule has 188 valence electrons. The number of nitrogens with one attached hydrogen (secondary N) is 1. The normalized spacial score (nSPS) is 15.9. The number of amidine groups is 1. The minimum absolute atomic E-state index is 0.0441. The van der Waals surface area contributed by atoms with Crippen LogP contribution in [0.1, 0.15) is 54.2 Å². The fourth-order valence-corrected chi connectivity index (χ4v) is 3.29. The van der Waals surface area contributed by atoms with Crippen molar-refractivity contribution in [2.24, 2.45) is 10.7 Å². The van der Waals surface area contributed by atoms with Gasteiger partial charge in [-0.3, -0.25) is 14.6 Å². The van der Waals surface area contributed by atoms with Gasteiger partial charge in [-0.25, -0.2) is 0 Å². The van der Waals surface area contributed by atoms with Gasteiger partial charge in [0.1, 0.15) is 22.8 Å². The van der Waals surface area contributed by atoms with E-state index < -0.39 is 30.1 Å². The molecule has 0 radical (unpaired) electrons. The van der Waals surface area contributed by atoms with Crippen LogP contribution in [0.3, 0.4) is 0 Å². The molecule has 8 nitrogen and oxygen atoms in total. The number of alkyl halides is 3. The molecule has 3 N–H and O–H groups in total. The van der Waals surface area contributed by atoms with Crippen molar-refractivity contribution in [1.82, 2.24) is 10.3 Å². The molecule has 0 spiro atoms. The van der Waals surface area contributed by atoms with Gasteiger partial charge in [-0.05, 0) is 31.2 Å². The minimum Gasteiger partial charge on any atom is -0.484 e. The highest BCUT2D eigenvalue weighted by molar-refractivity contribution is 6.02. The molecule has 1 aromatic heterocycles. The van der Waals surface area contributed by atoms with Gasteiger partial charge in [0.05, 0.1) is 13.2 Å². The molecule has 35 heavy (non-hydrogen) atoms. The zero-order chi connectivity index (χ0) is 25.6. The van der Waals surface area contributed by atoms with E-state index in [0.29, 0.717) is 5.56 Å². The van der Waals surface area contributed by atoms with Gasteiger partial charge in [0, 0.05) is 24.8 Å². The van der Waals surface area contributed by atoms with E-state index in [-0.39, 0.29) is 36.4 Å². The number of aromatic nitrogens is 1. The van der Waals surface area contributed by atoms with Crippen molar-refractivity contribution in [1.29, 1.82) is 0 Å². The first-order valence-corrected chi connectivity index (χ1v) is 11.0. The van der Waals surface area contributed by atoms with E-state index in [1.54, 1.807) is 0 Å². The fraction of sp³-hybridized carbons (Fsp3) is 0.417. The van der Waals surface area contributed by atoms with Crippen molar-refractivity contribution in [3.05, 3.63) is 59.4 Å². The lowest BCUT2D eigenvalue weighted by atomic mass is 10.0. The molecule has 1 aromatic carbocycles. The number of rotatable bonds is 10. The third kappa shape index (κ3) is 7.78. The number of amides is 2. The van der Waals surface area contributed by atoms with Gasteiger partial charge in [0.25, 0.3) is 5.91 Å². The molecule has 2 aromatic rings. The first-order valence-electron chi connectivity index (χ1n) is 11.0. The zero-order valence-corrected chi connectivity index (χ0v) is 19.4. The van der Waals surface area contributed by atoms with Crippen LogP contribution in [-0.2, 0) is 16.1 Å². The minimum atomic E-state index is -4.53. The van der Waals surface area contributed by atoms with Crippen LogP contribution in [0.25, 0.3) is 0 Å². The summed E-state index contributed by atoms with van der Waals surface area (Å²) >= 11 is 0. The van der Waals surface area contributed by atoms with Gasteiger partial charge < -0.3 is 20.5 Å². The lowest BCUT2D eigenvalue weighted by Gasteiger charge is -2.30. The number of carbonyl (C=O) groups is 2. The molecular weight excluding hydrogens is 465 g/mol. The van der Waals surface area contributed by atoms with Crippen LogP contribution in [-0.4, -0.2) is 47.6 Å². The van der Waals surface area contributed by atoms with E-state index >= 15 is 0 Å². The molecule has 1 atom stereocenters. The van der Waals surface area contributed by atoms with Gasteiger partial charge in [-0.1, -0.05) is 30.3 Å². The van der Waals surface area contributed by atoms with Gasteiger partial charge in [0.15, 0.2) is 6.61 Å². The molecule has 3 rings (SSSR count). The molecule has 2 amide bonds. The predicted molar refractivity (Wildman–Crippen MR) is 122 cm³/mol. The van der Waals surface area contributed by atoms with Gasteiger partial charge >= 0.3 is 6.18 Å². The first kappa shape index (κ1) is 26.1. The Labute approximate surface area is 200 Å². The van der Waals surface area contributed by atoms with Crippen LogP contribution >= 0.6 is 0 Å². The van der Waals surface area contributed by atoms with Crippen LogP contribution in [0.15, 0.2) is 47.6 Å². The summed E-state index contributed by atoms with van der Waals surface area (Å²) in [5, 5.41) is 2.65. The predicted octanol–water partition coefficient (Wildman–Crippen LogP) is 3.51. The number of pyridine rings is 1. The Morgan fingerprint density at radius 2 is 1.89 bits per heavy atom. The molecule has 1 unspecified atom stereocenters. The topological polar surface area (TPSA) is 116 Å². The Morgan fingerprint density at radius 1 is 1.20 bits per heavy atom. The number of hydrogen-bond donors (Lipinski definition) is 2. The second-order valence-corrected chi connectivity index (χ2v) is 8.57. The molecule has 1 aliphatic carbocycles. The molecule has 1 aliphatic rings. The van der Waals surface area contributed by atoms with Crippen LogP contribution in [0, 0.1) is 0 Å². The van der Waals surface area contributed by atoms with Crippen molar-refractivity contribution in [3.63, 3.8) is 0 Å². The third-order valence-corrected chi connectivity index (χ3v) is 5.27. The van der Waals surface area contributed by atoms with Gasteiger partial charge in [-0.2, -0.15) is 18.2 Å². The Balaban J connectivity index is 1.79. The summed E-state index contributed by atoms with van der Waals surface area (Å²) in [7, 11) is 0. The van der Waals surface area contributed by atoms with Gasteiger partial charge in [-0.15, -0.1) is 0 Å². The molecule has 1 fully saturated rings. The van der Waals surface area contributed by atoms with E-state index in [1.807, 2.05) is 30.3 Å². The average Bonchev–Trinajstić information content (AvgIpc) is 3.62. The number of carbonyl (C=O) groups excluding carboxylic acids is 2. The Kier molecular flexibility index (Phi) is 8.11. The van der Waals surface area contributed by atoms with E-state index in [9.17, 15) is 22.8 Å². The monoisotopic (exact) mass is 492 g/mol. The second-order valence-electron chi connectivity index (χ2n) is 8.57. The van der Waals surface area contributed by atoms with Crippen molar-refractivity contribution in [3.8, 4) is 5.75 Å². The number of nitrogens with two attached hydrogens (primary N) is 1. The number of benzene rings is 1. The van der Waals surface area contributed by atoms with E-state index in [1.165, 1.54) is 26.1 Å². The molecule has 1 saturated carbocycles. The molecule has 0 saturated heterocycles. The average molecular weight is 492 g/mol. The van der Waals surface area contributed by atoms with E-state index in [0.717, 1.165) is 18.4 Å². The zero-order valence-electron chi connectivity index (χ0n) is 19.4. The van der Waals surface area contributed by atoms with E-state index in [4.69, 9.17) is 15.2 Å². The SMILES string of the molecule is CC(=O)N=C(N)C(C)(COCc1ccccc1)NC(=O)c1cc(OCC(F)(F)F)c(C2CC2)cn1. The molecule has 11 heteroatoms. The Morgan fingerprint density at radius 3 is 2.49 bits per heavy atom. The molecule has 0 aliphatic heterocycles. The summed E-state index contributed by atoms with van der Waals surface area (Å²) in [5.74, 6) is -1.48. The highest BCUT2D eigenvalue weighted by atomic mass is 19.4. The number of aliphatic imine (C=N–C) groups is 1. The Bertz CT molecular complexity index is 1090. The van der Waals surface area contributed by atoms with Crippen molar-refractivity contribution in [2.45, 2.75) is 50.9 Å². The number of hydrogen-bond acceptors (Lipinski definition) is 5. The summed E-state index contributed by atoms with van der Waals surface area (Å²) in [6.45, 7) is 1.33. The highest BCUT2D eigenvalue weighted by Crippen LogP contribution is 2.44. The molecular formula is C24H27F3N4O4. The maximum Gasteiger partial charge on any atom is 0.422 e. The molecule has 1 heterocycles. The van der Waals surface area contributed by atoms with Gasteiger partial charge in [0.2, 0.25) is 5.91 Å². The van der Waals surface area contributed by atoms with E-state index in [2.05, 4.69) is 15.3 Å². The first-order chi connectivity index (χ1) is 16.5. The lowest BCUT2D eigenvalue weighted by molar-refractivity contribution is -0.153. The lowest BCUT2D eigenvalue weighted by Crippen LogP contribution is -2.58. The molecule has 0 bridgehead atoms. The number of halogens is 3. The number of ether oxygens (including phenoxy) is 2. The van der Waals surface area contributed by atoms with Crippen LogP contribution < -0.4 is 15.8 Å². The second kappa shape index (κ2) is 10.9. The highest BCUT2D eigenvalue weighted by Gasteiger charge is 2.35. The summed E-state index contributed by atoms with van der Waals surface area (Å²) in [4.78, 5) is 32.4. The summed E-state index contributed by atoms with van der Waals surface area (Å²) in [6, 6.07) is 10.5. The fourth-order valence-electron chi connectivity index (χ4n) is 3.29. The summed E-state index contributed by atoms with van der Waals surface area (Å²) in [5.41, 5.74) is 5.86. The number of nitrogens with zero attached hydrogens (tertiary/aromatic N) is 2. The Hall–Kier alpha value is -3.47. The maximum absolute atomic E-state index is 13.0.